The van der Waals surface area contributed by atoms with Crippen molar-refractivity contribution in [1.82, 2.24) is 0 Å². The van der Waals surface area contributed by atoms with Gasteiger partial charge in [0, 0.05) is 6.07 Å². The molecule has 0 atom stereocenters. The molecule has 0 unspecified atom stereocenters. The molecule has 186 valence electrons. The zero-order valence-electron chi connectivity index (χ0n) is 20.9. The molecule has 1 rings (SSSR count). The summed E-state index contributed by atoms with van der Waals surface area (Å²) in [6.45, 7) is 2.23. The van der Waals surface area contributed by atoms with Gasteiger partial charge in [-0.1, -0.05) is 90.4 Å². The van der Waals surface area contributed by atoms with Crippen LogP contribution in [0, 0.1) is 0 Å². The SMILES string of the molecule is CCCCCCCCCCCCCCCCc1cc(OS(=O)(=O)[O-])cc(OS(=O)(=O)[O-])c1.[Na+].[Na+]. The molecular weight excluding hydrogens is 502 g/mol. The van der Waals surface area contributed by atoms with Crippen LogP contribution < -0.4 is 67.5 Å². The van der Waals surface area contributed by atoms with Crippen LogP contribution in [0.25, 0.3) is 0 Å². The summed E-state index contributed by atoms with van der Waals surface area (Å²) in [7, 11) is -10.1. The van der Waals surface area contributed by atoms with Gasteiger partial charge in [0.05, 0.1) is 0 Å². The number of hydrogen-bond acceptors (Lipinski definition) is 8. The normalized spacial score (nSPS) is 11.4. The van der Waals surface area contributed by atoms with Crippen molar-refractivity contribution in [2.24, 2.45) is 0 Å². The minimum atomic E-state index is -5.04. The van der Waals surface area contributed by atoms with Crippen LogP contribution in [0.15, 0.2) is 18.2 Å². The molecule has 0 spiro atoms. The molecule has 12 heteroatoms. The maximum Gasteiger partial charge on any atom is 1.00 e. The monoisotopic (exact) mass is 538 g/mol. The van der Waals surface area contributed by atoms with Crippen LogP contribution in [-0.4, -0.2) is 25.9 Å². The number of aryl methyl sites for hydroxylation is 1. The molecule has 1 aromatic rings. The molecule has 0 aliphatic carbocycles. The summed E-state index contributed by atoms with van der Waals surface area (Å²) in [5, 5.41) is 0. The van der Waals surface area contributed by atoms with Crippen molar-refractivity contribution in [2.75, 3.05) is 0 Å². The van der Waals surface area contributed by atoms with Gasteiger partial charge in [0.2, 0.25) is 0 Å². The third-order valence-corrected chi connectivity index (χ3v) is 5.95. The van der Waals surface area contributed by atoms with Gasteiger partial charge in [-0.2, -0.15) is 0 Å². The molecule has 0 saturated carbocycles. The maximum atomic E-state index is 10.8. The molecule has 8 nitrogen and oxygen atoms in total. The van der Waals surface area contributed by atoms with Crippen molar-refractivity contribution in [1.29, 1.82) is 0 Å². The van der Waals surface area contributed by atoms with Gasteiger partial charge in [0.15, 0.2) is 0 Å². The Morgan fingerprint density at radius 2 is 0.912 bits per heavy atom. The summed E-state index contributed by atoms with van der Waals surface area (Å²) in [5.41, 5.74) is 0.517. The molecule has 0 aliphatic rings. The fourth-order valence-corrected chi connectivity index (χ4v) is 4.29. The predicted octanol–water partition coefficient (Wildman–Crippen LogP) is -0.604. The van der Waals surface area contributed by atoms with Crippen molar-refractivity contribution in [3.05, 3.63) is 23.8 Å². The van der Waals surface area contributed by atoms with Gasteiger partial charge in [0.1, 0.15) is 11.5 Å². The third kappa shape index (κ3) is 21.9. The summed E-state index contributed by atoms with van der Waals surface area (Å²) >= 11 is 0. The Kier molecular flexibility index (Phi) is 22.4. The molecule has 0 heterocycles. The van der Waals surface area contributed by atoms with Crippen molar-refractivity contribution in [3.63, 3.8) is 0 Å². The molecule has 0 aromatic heterocycles. The average Bonchev–Trinajstić information content (AvgIpc) is 2.65. The van der Waals surface area contributed by atoms with E-state index in [0.717, 1.165) is 31.7 Å². The third-order valence-electron chi connectivity index (χ3n) is 5.16. The molecule has 34 heavy (non-hydrogen) atoms. The van der Waals surface area contributed by atoms with E-state index < -0.39 is 20.8 Å². The van der Waals surface area contributed by atoms with Crippen LogP contribution in [0.1, 0.15) is 102 Å². The molecule has 1 aromatic carbocycles. The van der Waals surface area contributed by atoms with Crippen LogP contribution in [0.5, 0.6) is 11.5 Å². The van der Waals surface area contributed by atoms with Gasteiger partial charge in [-0.3, -0.25) is 0 Å². The summed E-state index contributed by atoms with van der Waals surface area (Å²) in [4.78, 5) is 0. The fourth-order valence-electron chi connectivity index (χ4n) is 3.63. The van der Waals surface area contributed by atoms with E-state index >= 15 is 0 Å². The van der Waals surface area contributed by atoms with Gasteiger partial charge >= 0.3 is 59.1 Å². The van der Waals surface area contributed by atoms with Crippen LogP contribution in [0.3, 0.4) is 0 Å². The van der Waals surface area contributed by atoms with Gasteiger partial charge in [-0.15, -0.1) is 0 Å². The Bertz CT molecular complexity index is 809. The Labute approximate surface area is 250 Å². The van der Waals surface area contributed by atoms with Crippen molar-refractivity contribution < 1.29 is 93.4 Å². The molecule has 0 aliphatic heterocycles. The Balaban J connectivity index is 0. The first-order chi connectivity index (χ1) is 15.1. The summed E-state index contributed by atoms with van der Waals surface area (Å²) in [6.07, 6.45) is 17.6. The molecule has 0 amide bonds. The zero-order chi connectivity index (χ0) is 23.9. The van der Waals surface area contributed by atoms with E-state index in [4.69, 9.17) is 0 Å². The molecule has 0 N–H and O–H groups in total. The Morgan fingerprint density at radius 1 is 0.588 bits per heavy atom. The minimum absolute atomic E-state index is 0. The first kappa shape index (κ1) is 36.8. The predicted molar refractivity (Wildman–Crippen MR) is 121 cm³/mol. The molecule has 0 fully saturated rings. The van der Waals surface area contributed by atoms with Crippen molar-refractivity contribution in [3.8, 4) is 11.5 Å². The van der Waals surface area contributed by atoms with Crippen LogP contribution in [-0.2, 0) is 27.2 Å². The van der Waals surface area contributed by atoms with Crippen LogP contribution in [0.4, 0.5) is 0 Å². The second-order valence-corrected chi connectivity index (χ2v) is 10.1. The second-order valence-electron chi connectivity index (χ2n) is 8.14. The van der Waals surface area contributed by atoms with Gasteiger partial charge < -0.3 is 17.5 Å². The van der Waals surface area contributed by atoms with E-state index in [9.17, 15) is 25.9 Å². The van der Waals surface area contributed by atoms with E-state index in [1.54, 1.807) is 0 Å². The van der Waals surface area contributed by atoms with E-state index in [-0.39, 0.29) is 70.6 Å². The first-order valence-corrected chi connectivity index (χ1v) is 14.2. The van der Waals surface area contributed by atoms with Crippen molar-refractivity contribution >= 4 is 20.8 Å². The smallest absolute Gasteiger partial charge is 0.716 e. The number of unbranched alkanes of at least 4 members (excludes halogenated alkanes) is 13. The summed E-state index contributed by atoms with van der Waals surface area (Å²) in [5.74, 6) is -0.775. The zero-order valence-corrected chi connectivity index (χ0v) is 26.6. The van der Waals surface area contributed by atoms with Crippen molar-refractivity contribution in [2.45, 2.75) is 103 Å². The van der Waals surface area contributed by atoms with Crippen LogP contribution >= 0.6 is 0 Å². The second kappa shape index (κ2) is 20.7. The molecule has 0 bridgehead atoms. The van der Waals surface area contributed by atoms with E-state index in [1.807, 2.05) is 0 Å². The summed E-state index contributed by atoms with van der Waals surface area (Å²) < 4.78 is 73.4. The Hall–Kier alpha value is 0.640. The topological polar surface area (TPSA) is 133 Å². The molecular formula is C22H36Na2O8S2. The van der Waals surface area contributed by atoms with E-state index in [1.165, 1.54) is 76.3 Å². The largest absolute Gasteiger partial charge is 1.00 e. The van der Waals surface area contributed by atoms with Gasteiger partial charge in [-0.25, -0.2) is 16.8 Å². The van der Waals surface area contributed by atoms with Gasteiger partial charge in [-0.05, 0) is 30.5 Å². The van der Waals surface area contributed by atoms with Crippen LogP contribution in [0.2, 0.25) is 0 Å². The van der Waals surface area contributed by atoms with E-state index in [2.05, 4.69) is 15.3 Å². The first-order valence-electron chi connectivity index (χ1n) is 11.5. The number of benzene rings is 1. The Morgan fingerprint density at radius 3 is 1.24 bits per heavy atom. The fraction of sp³-hybridized carbons (Fsp3) is 0.727. The maximum absolute atomic E-state index is 10.8. The van der Waals surface area contributed by atoms with E-state index in [0.29, 0.717) is 12.0 Å². The molecule has 0 radical (unpaired) electrons. The quantitative estimate of drug-likeness (QED) is 0.0987. The minimum Gasteiger partial charge on any atom is -0.716 e. The summed E-state index contributed by atoms with van der Waals surface area (Å²) in [6, 6.07) is 3.52. The average molecular weight is 539 g/mol. The number of rotatable bonds is 19. The van der Waals surface area contributed by atoms with Gasteiger partial charge in [0.25, 0.3) is 20.8 Å². The standard InChI is InChI=1S/C22H38O8S2.2Na/c1-2-3-4-5-6-7-8-9-10-11-12-13-14-15-16-20-17-21(29-31(23,24)25)19-22(18-20)30-32(26,27)28;;/h17-19H,2-16H2,1H3,(H,23,24,25)(H,26,27,28);;/q;2*+1/p-2. The molecule has 0 saturated heterocycles. The number of hydrogen-bond donors (Lipinski definition) is 0.